The van der Waals surface area contributed by atoms with Gasteiger partial charge in [-0.25, -0.2) is 4.39 Å². The third kappa shape index (κ3) is 4.01. The Labute approximate surface area is 151 Å². The average molecular weight is 356 g/mol. The summed E-state index contributed by atoms with van der Waals surface area (Å²) in [6.07, 6.45) is 1.81. The Morgan fingerprint density at radius 3 is 2.68 bits per heavy atom. The summed E-state index contributed by atoms with van der Waals surface area (Å²) < 4.78 is 19.9. The van der Waals surface area contributed by atoms with Gasteiger partial charge in [0.2, 0.25) is 0 Å². The molecule has 0 saturated heterocycles. The van der Waals surface area contributed by atoms with E-state index < -0.39 is 0 Å². The molecule has 4 heteroatoms. The number of rotatable bonds is 7. The molecule has 0 fully saturated rings. The Kier molecular flexibility index (Phi) is 5.69. The average Bonchev–Trinajstić information content (AvgIpc) is 2.62. The van der Waals surface area contributed by atoms with Crippen LogP contribution in [0.3, 0.4) is 0 Å². The molecule has 3 aromatic carbocycles. The van der Waals surface area contributed by atoms with Crippen LogP contribution >= 0.6 is 11.6 Å². The molecule has 128 valence electrons. The lowest BCUT2D eigenvalue weighted by Gasteiger charge is -2.15. The van der Waals surface area contributed by atoms with Crippen LogP contribution in [0.2, 0.25) is 5.02 Å². The number of hydrogen-bond acceptors (Lipinski definition) is 2. The van der Waals surface area contributed by atoms with Crippen molar-refractivity contribution >= 4 is 22.4 Å². The molecule has 0 amide bonds. The van der Waals surface area contributed by atoms with Gasteiger partial charge >= 0.3 is 0 Å². The number of halogens is 2. The minimum Gasteiger partial charge on any atom is -0.488 e. The maximum atomic E-state index is 14.0. The highest BCUT2D eigenvalue weighted by Gasteiger charge is 2.12. The maximum absolute atomic E-state index is 14.0. The molecule has 0 aromatic heterocycles. The van der Waals surface area contributed by atoms with Gasteiger partial charge in [-0.15, -0.1) is 6.58 Å². The largest absolute Gasteiger partial charge is 0.488 e. The summed E-state index contributed by atoms with van der Waals surface area (Å²) in [5.41, 5.74) is 1.40. The number of nitrogens with one attached hydrogen (secondary N) is 1. The zero-order valence-corrected chi connectivity index (χ0v) is 14.5. The first kappa shape index (κ1) is 17.5. The van der Waals surface area contributed by atoms with Gasteiger partial charge < -0.3 is 10.1 Å². The lowest BCUT2D eigenvalue weighted by atomic mass is 10.0. The van der Waals surface area contributed by atoms with E-state index in [1.165, 1.54) is 6.07 Å². The van der Waals surface area contributed by atoms with Crippen molar-refractivity contribution in [3.8, 4) is 5.75 Å². The van der Waals surface area contributed by atoms with Crippen molar-refractivity contribution in [2.24, 2.45) is 0 Å². The van der Waals surface area contributed by atoms with Crippen LogP contribution in [0.5, 0.6) is 5.75 Å². The second kappa shape index (κ2) is 8.15. The monoisotopic (exact) mass is 355 g/mol. The van der Waals surface area contributed by atoms with Crippen LogP contribution < -0.4 is 10.1 Å². The van der Waals surface area contributed by atoms with Gasteiger partial charge in [-0.1, -0.05) is 54.1 Å². The molecule has 0 atom stereocenters. The zero-order valence-electron chi connectivity index (χ0n) is 13.8. The first-order valence-electron chi connectivity index (χ1n) is 8.08. The molecule has 0 aliphatic carbocycles. The molecular weight excluding hydrogens is 337 g/mol. The van der Waals surface area contributed by atoms with Crippen molar-refractivity contribution in [1.82, 2.24) is 5.32 Å². The topological polar surface area (TPSA) is 21.3 Å². The fourth-order valence-corrected chi connectivity index (χ4v) is 2.97. The van der Waals surface area contributed by atoms with Crippen LogP contribution in [-0.4, -0.2) is 6.54 Å². The summed E-state index contributed by atoms with van der Waals surface area (Å²) in [6, 6.07) is 16.7. The molecule has 2 nitrogen and oxygen atoms in total. The number of benzene rings is 3. The molecule has 0 unspecified atom stereocenters. The smallest absolute Gasteiger partial charge is 0.131 e. The molecule has 0 heterocycles. The second-order valence-corrected chi connectivity index (χ2v) is 6.08. The minimum atomic E-state index is -0.361. The summed E-state index contributed by atoms with van der Waals surface area (Å²) in [5, 5.41) is 5.92. The van der Waals surface area contributed by atoms with E-state index in [-0.39, 0.29) is 12.4 Å². The van der Waals surface area contributed by atoms with Crippen LogP contribution in [0.25, 0.3) is 10.8 Å². The van der Waals surface area contributed by atoms with E-state index in [1.807, 2.05) is 30.3 Å². The molecule has 3 aromatic rings. The highest BCUT2D eigenvalue weighted by atomic mass is 35.5. The van der Waals surface area contributed by atoms with Gasteiger partial charge in [0.25, 0.3) is 0 Å². The SMILES string of the molecule is C=CCNCc1c(OCc2c(F)cccc2Cl)ccc2ccccc12. The van der Waals surface area contributed by atoms with E-state index in [0.717, 1.165) is 22.1 Å². The zero-order chi connectivity index (χ0) is 17.6. The van der Waals surface area contributed by atoms with E-state index in [1.54, 1.807) is 12.1 Å². The molecule has 0 spiro atoms. The van der Waals surface area contributed by atoms with Gasteiger partial charge in [0, 0.05) is 24.2 Å². The van der Waals surface area contributed by atoms with Crippen molar-refractivity contribution in [3.05, 3.63) is 89.2 Å². The molecule has 0 saturated carbocycles. The van der Waals surface area contributed by atoms with Crippen molar-refractivity contribution < 1.29 is 9.13 Å². The van der Waals surface area contributed by atoms with Gasteiger partial charge in [-0.05, 0) is 29.0 Å². The molecule has 0 bridgehead atoms. The molecule has 3 rings (SSSR count). The van der Waals surface area contributed by atoms with Gasteiger partial charge in [0.05, 0.1) is 5.02 Å². The van der Waals surface area contributed by atoms with Crippen LogP contribution in [0.4, 0.5) is 4.39 Å². The maximum Gasteiger partial charge on any atom is 0.131 e. The normalized spacial score (nSPS) is 10.8. The van der Waals surface area contributed by atoms with Crippen LogP contribution in [-0.2, 0) is 13.2 Å². The van der Waals surface area contributed by atoms with Gasteiger partial charge in [0.1, 0.15) is 18.2 Å². The van der Waals surface area contributed by atoms with Crippen molar-refractivity contribution in [1.29, 1.82) is 0 Å². The fraction of sp³-hybridized carbons (Fsp3) is 0.143. The lowest BCUT2D eigenvalue weighted by Crippen LogP contribution is -2.14. The Balaban J connectivity index is 1.91. The van der Waals surface area contributed by atoms with E-state index in [0.29, 0.717) is 23.7 Å². The van der Waals surface area contributed by atoms with Gasteiger partial charge in [-0.3, -0.25) is 0 Å². The van der Waals surface area contributed by atoms with E-state index in [9.17, 15) is 4.39 Å². The van der Waals surface area contributed by atoms with E-state index in [2.05, 4.69) is 24.0 Å². The van der Waals surface area contributed by atoms with Crippen LogP contribution in [0, 0.1) is 5.82 Å². The summed E-state index contributed by atoms with van der Waals surface area (Å²) in [5.74, 6) is 0.356. The van der Waals surface area contributed by atoms with Crippen molar-refractivity contribution in [2.75, 3.05) is 6.54 Å². The summed E-state index contributed by atoms with van der Waals surface area (Å²) in [4.78, 5) is 0. The Bertz CT molecular complexity index is 874. The summed E-state index contributed by atoms with van der Waals surface area (Å²) >= 11 is 6.09. The number of hydrogen-bond donors (Lipinski definition) is 1. The highest BCUT2D eigenvalue weighted by molar-refractivity contribution is 6.31. The highest BCUT2D eigenvalue weighted by Crippen LogP contribution is 2.30. The number of fused-ring (bicyclic) bond motifs is 1. The van der Waals surface area contributed by atoms with Gasteiger partial charge in [-0.2, -0.15) is 0 Å². The van der Waals surface area contributed by atoms with Crippen molar-refractivity contribution in [3.63, 3.8) is 0 Å². The first-order valence-corrected chi connectivity index (χ1v) is 8.46. The Morgan fingerprint density at radius 2 is 1.88 bits per heavy atom. The predicted molar refractivity (Wildman–Crippen MR) is 102 cm³/mol. The fourth-order valence-electron chi connectivity index (χ4n) is 2.75. The third-order valence-corrected chi connectivity index (χ3v) is 4.38. The van der Waals surface area contributed by atoms with E-state index in [4.69, 9.17) is 16.3 Å². The molecule has 25 heavy (non-hydrogen) atoms. The summed E-state index contributed by atoms with van der Waals surface area (Å²) in [6.45, 7) is 5.13. The van der Waals surface area contributed by atoms with Crippen LogP contribution in [0.1, 0.15) is 11.1 Å². The lowest BCUT2D eigenvalue weighted by molar-refractivity contribution is 0.297. The standard InChI is InChI=1S/C21H19ClFNO/c1-2-12-24-13-17-16-7-4-3-6-15(16)10-11-21(17)25-14-18-19(22)8-5-9-20(18)23/h2-11,24H,1,12-14H2. The van der Waals surface area contributed by atoms with Crippen LogP contribution in [0.15, 0.2) is 67.3 Å². The van der Waals surface area contributed by atoms with E-state index >= 15 is 0 Å². The second-order valence-electron chi connectivity index (χ2n) is 5.67. The quantitative estimate of drug-likeness (QED) is 0.447. The molecule has 0 aliphatic rings. The Morgan fingerprint density at radius 1 is 1.04 bits per heavy atom. The molecular formula is C21H19ClFNO. The molecule has 0 radical (unpaired) electrons. The minimum absolute atomic E-state index is 0.0817. The van der Waals surface area contributed by atoms with Crippen molar-refractivity contribution in [2.45, 2.75) is 13.2 Å². The third-order valence-electron chi connectivity index (χ3n) is 4.02. The summed E-state index contributed by atoms with van der Waals surface area (Å²) in [7, 11) is 0. The first-order chi connectivity index (χ1) is 12.2. The molecule has 1 N–H and O–H groups in total. The van der Waals surface area contributed by atoms with Gasteiger partial charge in [0.15, 0.2) is 0 Å². The molecule has 0 aliphatic heterocycles. The Hall–Kier alpha value is -2.36. The predicted octanol–water partition coefficient (Wildman–Crippen LogP) is 5.49. The number of ether oxygens (including phenoxy) is 1.